The van der Waals surface area contributed by atoms with Crippen LogP contribution in [0.3, 0.4) is 0 Å². The number of anilines is 1. The Morgan fingerprint density at radius 3 is 2.63 bits per heavy atom. The largest absolute Gasteiger partial charge is 0.347 e. The van der Waals surface area contributed by atoms with Crippen molar-refractivity contribution >= 4 is 80.1 Å². The summed E-state index contributed by atoms with van der Waals surface area (Å²) >= 11 is 19.0. The number of carbonyl (C=O) groups excluding carboxylic acids is 1. The molecule has 1 aliphatic rings. The number of thioether (sulfide) groups is 1. The second-order valence-corrected chi connectivity index (χ2v) is 8.71. The van der Waals surface area contributed by atoms with Crippen molar-refractivity contribution in [2.24, 2.45) is 7.05 Å². The maximum absolute atomic E-state index is 13.1. The van der Waals surface area contributed by atoms with Crippen LogP contribution in [0.2, 0.25) is 10.0 Å². The quantitative estimate of drug-likeness (QED) is 0.356. The molecule has 2 heterocycles. The third kappa shape index (κ3) is 3.09. The number of fused-ring (bicyclic) bond motifs is 1. The number of halogens is 2. The van der Waals surface area contributed by atoms with Gasteiger partial charge in [-0.3, -0.25) is 9.69 Å². The molecule has 27 heavy (non-hydrogen) atoms. The molecule has 0 bridgehead atoms. The van der Waals surface area contributed by atoms with Crippen molar-refractivity contribution in [3.05, 3.63) is 68.7 Å². The Hall–Kier alpha value is -1.79. The second kappa shape index (κ2) is 6.99. The van der Waals surface area contributed by atoms with Gasteiger partial charge in [0.1, 0.15) is 0 Å². The molecule has 1 aromatic heterocycles. The number of benzene rings is 2. The van der Waals surface area contributed by atoms with Crippen LogP contribution in [-0.4, -0.2) is 14.8 Å². The van der Waals surface area contributed by atoms with Crippen molar-refractivity contribution in [1.29, 1.82) is 0 Å². The molecule has 3 aromatic rings. The van der Waals surface area contributed by atoms with E-state index < -0.39 is 0 Å². The fraction of sp³-hybridized carbons (Fsp3) is 0.100. The Morgan fingerprint density at radius 1 is 1.15 bits per heavy atom. The Bertz CT molecular complexity index is 1150. The zero-order valence-corrected chi connectivity index (χ0v) is 17.6. The van der Waals surface area contributed by atoms with Crippen LogP contribution in [0.25, 0.3) is 17.0 Å². The van der Waals surface area contributed by atoms with Gasteiger partial charge in [-0.05, 0) is 37.3 Å². The summed E-state index contributed by atoms with van der Waals surface area (Å²) < 4.78 is 2.58. The summed E-state index contributed by atoms with van der Waals surface area (Å²) in [7, 11) is 2.02. The van der Waals surface area contributed by atoms with Gasteiger partial charge in [-0.25, -0.2) is 0 Å². The van der Waals surface area contributed by atoms with Gasteiger partial charge in [-0.2, -0.15) is 0 Å². The summed E-state index contributed by atoms with van der Waals surface area (Å²) in [5.74, 6) is -0.179. The van der Waals surface area contributed by atoms with E-state index in [2.05, 4.69) is 16.7 Å². The van der Waals surface area contributed by atoms with E-state index in [1.165, 1.54) is 16.7 Å². The van der Waals surface area contributed by atoms with Gasteiger partial charge in [0.25, 0.3) is 5.91 Å². The predicted molar refractivity (Wildman–Crippen MR) is 120 cm³/mol. The molecule has 0 aliphatic carbocycles. The van der Waals surface area contributed by atoms with Crippen molar-refractivity contribution in [3.8, 4) is 0 Å². The van der Waals surface area contributed by atoms with E-state index in [9.17, 15) is 4.79 Å². The van der Waals surface area contributed by atoms with Gasteiger partial charge >= 0.3 is 0 Å². The molecule has 0 unspecified atom stereocenters. The number of hydrogen-bond donors (Lipinski definition) is 0. The van der Waals surface area contributed by atoms with Crippen LogP contribution < -0.4 is 4.90 Å². The lowest BCUT2D eigenvalue weighted by atomic mass is 10.1. The van der Waals surface area contributed by atoms with Gasteiger partial charge in [0.15, 0.2) is 4.32 Å². The lowest BCUT2D eigenvalue weighted by molar-refractivity contribution is -0.113. The summed E-state index contributed by atoms with van der Waals surface area (Å²) in [6.07, 6.45) is 1.92. The highest BCUT2D eigenvalue weighted by molar-refractivity contribution is 8.27. The molecule has 1 fully saturated rings. The highest BCUT2D eigenvalue weighted by Gasteiger charge is 2.34. The van der Waals surface area contributed by atoms with E-state index >= 15 is 0 Å². The topological polar surface area (TPSA) is 25.2 Å². The van der Waals surface area contributed by atoms with Gasteiger partial charge in [-0.1, -0.05) is 65.4 Å². The van der Waals surface area contributed by atoms with Gasteiger partial charge in [0.05, 0.1) is 15.6 Å². The SMILES string of the molecule is Cc1c(/C=C2/SC(=S)N(c3ccc(Cl)cc3Cl)C2=O)c2ccccc2n1C. The van der Waals surface area contributed by atoms with Crippen molar-refractivity contribution in [2.45, 2.75) is 6.92 Å². The monoisotopic (exact) mass is 432 g/mol. The average Bonchev–Trinajstić information content (AvgIpc) is 3.05. The van der Waals surface area contributed by atoms with E-state index in [0.717, 1.165) is 22.2 Å². The maximum Gasteiger partial charge on any atom is 0.270 e. The third-order valence-electron chi connectivity index (χ3n) is 4.67. The van der Waals surface area contributed by atoms with Crippen molar-refractivity contribution in [2.75, 3.05) is 4.90 Å². The zero-order valence-electron chi connectivity index (χ0n) is 14.5. The number of rotatable bonds is 2. The molecule has 2 aromatic carbocycles. The van der Waals surface area contributed by atoms with Crippen molar-refractivity contribution in [3.63, 3.8) is 0 Å². The summed E-state index contributed by atoms with van der Waals surface area (Å²) in [6.45, 7) is 2.04. The van der Waals surface area contributed by atoms with Crippen LogP contribution in [0.1, 0.15) is 11.3 Å². The molecule has 0 spiro atoms. The third-order valence-corrected chi connectivity index (χ3v) is 6.51. The molecule has 3 nitrogen and oxygen atoms in total. The predicted octanol–water partition coefficient (Wildman–Crippen LogP) is 6.20. The number of aryl methyl sites for hydroxylation is 1. The number of carbonyl (C=O) groups is 1. The summed E-state index contributed by atoms with van der Waals surface area (Å²) in [4.78, 5) is 15.1. The molecule has 136 valence electrons. The molecular formula is C20H14Cl2N2OS2. The van der Waals surface area contributed by atoms with Gasteiger partial charge < -0.3 is 4.57 Å². The molecule has 0 N–H and O–H groups in total. The molecule has 0 atom stereocenters. The summed E-state index contributed by atoms with van der Waals surface area (Å²) in [6, 6.07) is 13.1. The van der Waals surface area contributed by atoms with E-state index in [1.54, 1.807) is 18.2 Å². The second-order valence-electron chi connectivity index (χ2n) is 6.19. The molecule has 0 radical (unpaired) electrons. The minimum atomic E-state index is -0.179. The Kier molecular flexibility index (Phi) is 4.80. The Morgan fingerprint density at radius 2 is 1.89 bits per heavy atom. The normalized spacial score (nSPS) is 16.1. The van der Waals surface area contributed by atoms with Crippen LogP contribution in [0.4, 0.5) is 5.69 Å². The number of hydrogen-bond acceptors (Lipinski definition) is 3. The lowest BCUT2D eigenvalue weighted by Gasteiger charge is -2.16. The van der Waals surface area contributed by atoms with Gasteiger partial charge in [-0.15, -0.1) is 0 Å². The van der Waals surface area contributed by atoms with Gasteiger partial charge in [0, 0.05) is 34.2 Å². The maximum atomic E-state index is 13.1. The lowest BCUT2D eigenvalue weighted by Crippen LogP contribution is -2.27. The fourth-order valence-electron chi connectivity index (χ4n) is 3.20. The average molecular weight is 433 g/mol. The smallest absolute Gasteiger partial charge is 0.270 e. The summed E-state index contributed by atoms with van der Waals surface area (Å²) in [5.41, 5.74) is 3.78. The van der Waals surface area contributed by atoms with E-state index in [1.807, 2.05) is 32.2 Å². The number of thiocarbonyl (C=S) groups is 1. The Labute approximate surface area is 176 Å². The van der Waals surface area contributed by atoms with Gasteiger partial charge in [0.2, 0.25) is 0 Å². The molecule has 1 amide bonds. The molecule has 0 saturated carbocycles. The highest BCUT2D eigenvalue weighted by Crippen LogP contribution is 2.40. The minimum absolute atomic E-state index is 0.179. The minimum Gasteiger partial charge on any atom is -0.347 e. The van der Waals surface area contributed by atoms with E-state index in [-0.39, 0.29) is 5.91 Å². The standard InChI is InChI=1S/C20H14Cl2N2OS2/c1-11-14(13-5-3-4-6-16(13)23(11)2)10-18-19(25)24(20(26)27-18)17-8-7-12(21)9-15(17)22/h3-10H,1-2H3/b18-10+. The van der Waals surface area contributed by atoms with Crippen LogP contribution in [0, 0.1) is 6.92 Å². The number of para-hydroxylation sites is 1. The fourth-order valence-corrected chi connectivity index (χ4v) is 4.96. The van der Waals surface area contributed by atoms with E-state index in [0.29, 0.717) is 25.0 Å². The first kappa shape index (κ1) is 18.6. The highest BCUT2D eigenvalue weighted by atomic mass is 35.5. The Balaban J connectivity index is 1.80. The van der Waals surface area contributed by atoms with E-state index in [4.69, 9.17) is 35.4 Å². The van der Waals surface area contributed by atoms with Crippen LogP contribution >= 0.6 is 47.2 Å². The van der Waals surface area contributed by atoms with Crippen LogP contribution in [0.5, 0.6) is 0 Å². The van der Waals surface area contributed by atoms with Crippen LogP contribution in [-0.2, 0) is 11.8 Å². The number of amides is 1. The first-order valence-electron chi connectivity index (χ1n) is 8.15. The number of aromatic nitrogens is 1. The molecule has 1 saturated heterocycles. The van der Waals surface area contributed by atoms with Crippen molar-refractivity contribution in [1.82, 2.24) is 4.57 Å². The van der Waals surface area contributed by atoms with Crippen LogP contribution in [0.15, 0.2) is 47.4 Å². The first-order chi connectivity index (χ1) is 12.9. The molecule has 1 aliphatic heterocycles. The molecular weight excluding hydrogens is 419 g/mol. The molecule has 4 rings (SSSR count). The number of nitrogens with zero attached hydrogens (tertiary/aromatic N) is 2. The first-order valence-corrected chi connectivity index (χ1v) is 10.1. The summed E-state index contributed by atoms with van der Waals surface area (Å²) in [5, 5.41) is 2.00. The molecule has 7 heteroatoms. The zero-order chi connectivity index (χ0) is 19.3. The van der Waals surface area contributed by atoms with Crippen molar-refractivity contribution < 1.29 is 4.79 Å².